The molecular weight excluding hydrogens is 362 g/mol. The van der Waals surface area contributed by atoms with Crippen molar-refractivity contribution in [2.75, 3.05) is 7.11 Å². The Balaban J connectivity index is 1.82. The van der Waals surface area contributed by atoms with Gasteiger partial charge < -0.3 is 15.0 Å². The molecule has 0 aliphatic rings. The van der Waals surface area contributed by atoms with Crippen LogP contribution >= 0.6 is 11.6 Å². The van der Waals surface area contributed by atoms with Gasteiger partial charge in [0.05, 0.1) is 7.11 Å². The molecule has 0 radical (unpaired) electrons. The molecule has 5 nitrogen and oxygen atoms in total. The Bertz CT molecular complexity index is 954. The molecule has 2 aromatic carbocycles. The molecule has 0 bridgehead atoms. The third-order valence-electron chi connectivity index (χ3n) is 4.29. The normalized spacial score (nSPS) is 12.0. The van der Waals surface area contributed by atoms with E-state index in [0.717, 1.165) is 22.6 Å². The van der Waals surface area contributed by atoms with Crippen molar-refractivity contribution in [1.82, 2.24) is 15.3 Å². The number of hydrogen-bond donors (Lipinski definition) is 2. The van der Waals surface area contributed by atoms with Gasteiger partial charge in [-0.2, -0.15) is 0 Å². The van der Waals surface area contributed by atoms with Gasteiger partial charge in [0.1, 0.15) is 11.6 Å². The summed E-state index contributed by atoms with van der Waals surface area (Å²) in [6, 6.07) is 17.2. The molecule has 27 heavy (non-hydrogen) atoms. The van der Waals surface area contributed by atoms with Crippen molar-refractivity contribution in [3.05, 3.63) is 92.6 Å². The summed E-state index contributed by atoms with van der Waals surface area (Å²) in [5.74, 6) is 1.43. The number of hydrogen-bond acceptors (Lipinski definition) is 4. The van der Waals surface area contributed by atoms with Gasteiger partial charge >= 0.3 is 0 Å². The van der Waals surface area contributed by atoms with E-state index in [-0.39, 0.29) is 11.6 Å². The van der Waals surface area contributed by atoms with E-state index < -0.39 is 0 Å². The number of H-pyrrole nitrogens is 1. The number of aromatic nitrogens is 2. The summed E-state index contributed by atoms with van der Waals surface area (Å²) in [6.07, 6.45) is 0.594. The molecule has 140 valence electrons. The first-order valence-electron chi connectivity index (χ1n) is 8.72. The first kappa shape index (κ1) is 19.1. The largest absolute Gasteiger partial charge is 0.497 e. The molecular formula is C21H22ClN3O2. The van der Waals surface area contributed by atoms with Crippen molar-refractivity contribution in [3.63, 3.8) is 0 Å². The predicted molar refractivity (Wildman–Crippen MR) is 107 cm³/mol. The van der Waals surface area contributed by atoms with Crippen LogP contribution in [-0.2, 0) is 13.0 Å². The molecule has 0 amide bonds. The van der Waals surface area contributed by atoms with E-state index in [2.05, 4.69) is 15.3 Å². The Morgan fingerprint density at radius 2 is 1.96 bits per heavy atom. The van der Waals surface area contributed by atoms with Crippen molar-refractivity contribution in [2.45, 2.75) is 25.9 Å². The van der Waals surface area contributed by atoms with E-state index in [1.54, 1.807) is 20.1 Å². The summed E-state index contributed by atoms with van der Waals surface area (Å²) in [4.78, 5) is 18.9. The van der Waals surface area contributed by atoms with E-state index in [4.69, 9.17) is 16.3 Å². The molecule has 0 saturated heterocycles. The molecule has 6 heteroatoms. The number of aryl methyl sites for hydroxylation is 1. The lowest BCUT2D eigenvalue weighted by Crippen LogP contribution is -2.24. The van der Waals surface area contributed by atoms with Crippen molar-refractivity contribution in [1.29, 1.82) is 0 Å². The lowest BCUT2D eigenvalue weighted by molar-refractivity contribution is 0.413. The number of aromatic amines is 1. The molecule has 0 fully saturated rings. The summed E-state index contributed by atoms with van der Waals surface area (Å²) in [7, 11) is 1.66. The van der Waals surface area contributed by atoms with Crippen LogP contribution in [-0.4, -0.2) is 17.1 Å². The van der Waals surface area contributed by atoms with Gasteiger partial charge in [-0.1, -0.05) is 35.9 Å². The van der Waals surface area contributed by atoms with Gasteiger partial charge in [0, 0.05) is 35.8 Å². The number of halogens is 1. The smallest absolute Gasteiger partial charge is 0.251 e. The van der Waals surface area contributed by atoms with E-state index in [1.165, 1.54) is 0 Å². The van der Waals surface area contributed by atoms with E-state index in [9.17, 15) is 4.79 Å². The zero-order valence-corrected chi connectivity index (χ0v) is 16.1. The van der Waals surface area contributed by atoms with Crippen LogP contribution in [0.3, 0.4) is 0 Å². The van der Waals surface area contributed by atoms with E-state index >= 15 is 0 Å². The molecule has 2 N–H and O–H groups in total. The Hall–Kier alpha value is -2.63. The highest BCUT2D eigenvalue weighted by molar-refractivity contribution is 6.30. The number of ether oxygens (including phenoxy) is 1. The molecule has 0 saturated carbocycles. The average Bonchev–Trinajstić information content (AvgIpc) is 2.65. The van der Waals surface area contributed by atoms with Crippen LogP contribution in [0.1, 0.15) is 28.7 Å². The fourth-order valence-electron chi connectivity index (χ4n) is 2.98. The number of methoxy groups -OCH3 is 1. The second-order valence-corrected chi connectivity index (χ2v) is 6.80. The zero-order valence-electron chi connectivity index (χ0n) is 15.3. The van der Waals surface area contributed by atoms with Crippen molar-refractivity contribution in [3.8, 4) is 5.75 Å². The maximum absolute atomic E-state index is 11.8. The molecule has 1 heterocycles. The summed E-state index contributed by atoms with van der Waals surface area (Å²) >= 11 is 6.03. The van der Waals surface area contributed by atoms with Gasteiger partial charge in [-0.3, -0.25) is 4.79 Å². The van der Waals surface area contributed by atoms with Gasteiger partial charge in [0.15, 0.2) is 0 Å². The minimum Gasteiger partial charge on any atom is -0.497 e. The van der Waals surface area contributed by atoms with Crippen molar-refractivity contribution in [2.24, 2.45) is 0 Å². The maximum atomic E-state index is 11.8. The molecule has 3 aromatic rings. The van der Waals surface area contributed by atoms with Crippen LogP contribution in [0.4, 0.5) is 0 Å². The number of rotatable bonds is 7. The maximum Gasteiger partial charge on any atom is 0.251 e. The molecule has 3 rings (SSSR count). The highest BCUT2D eigenvalue weighted by atomic mass is 35.5. The summed E-state index contributed by atoms with van der Waals surface area (Å²) < 4.78 is 5.29. The minimum absolute atomic E-state index is 0.0119. The number of nitrogens with one attached hydrogen (secondary N) is 2. The van der Waals surface area contributed by atoms with Gasteiger partial charge in [-0.05, 0) is 42.3 Å². The first-order chi connectivity index (χ1) is 13.0. The second-order valence-electron chi connectivity index (χ2n) is 6.36. The van der Waals surface area contributed by atoms with Crippen LogP contribution in [0.5, 0.6) is 5.75 Å². The fourth-order valence-corrected chi connectivity index (χ4v) is 3.11. The van der Waals surface area contributed by atoms with Gasteiger partial charge in [-0.25, -0.2) is 4.98 Å². The van der Waals surface area contributed by atoms with Crippen LogP contribution < -0.4 is 15.6 Å². The molecule has 0 aliphatic heterocycles. The Kier molecular flexibility index (Phi) is 6.27. The Morgan fingerprint density at radius 3 is 2.67 bits per heavy atom. The van der Waals surface area contributed by atoms with Crippen LogP contribution in [0, 0.1) is 6.92 Å². The Labute approximate surface area is 163 Å². The van der Waals surface area contributed by atoms with Crippen LogP contribution in [0.15, 0.2) is 59.4 Å². The standard InChI is InChI=1S/C21H22ClN3O2/c1-14-24-18(12-21(26)25-14)11-20(16-6-8-17(22)9-7-16)23-13-15-4-3-5-19(10-15)27-2/h3-10,12,20,23H,11,13H2,1-2H3,(H,24,25,26). The third-order valence-corrected chi connectivity index (χ3v) is 4.54. The third kappa shape index (κ3) is 5.42. The topological polar surface area (TPSA) is 67.0 Å². The fraction of sp³-hybridized carbons (Fsp3) is 0.238. The summed E-state index contributed by atoms with van der Waals surface area (Å²) in [5.41, 5.74) is 2.81. The number of benzene rings is 2. The zero-order chi connectivity index (χ0) is 19.2. The van der Waals surface area contributed by atoms with Crippen LogP contribution in [0.25, 0.3) is 0 Å². The predicted octanol–water partition coefficient (Wildman–Crippen LogP) is 3.81. The molecule has 1 aromatic heterocycles. The second kappa shape index (κ2) is 8.84. The minimum atomic E-state index is -0.139. The van der Waals surface area contributed by atoms with Crippen molar-refractivity contribution < 1.29 is 4.74 Å². The SMILES string of the molecule is COc1cccc(CNC(Cc2cc(=O)[nH]c(C)n2)c2ccc(Cl)cc2)c1. The molecule has 0 aliphatic carbocycles. The lowest BCUT2D eigenvalue weighted by Gasteiger charge is -2.20. The molecule has 0 spiro atoms. The highest BCUT2D eigenvalue weighted by Gasteiger charge is 2.14. The first-order valence-corrected chi connectivity index (χ1v) is 9.10. The van der Waals surface area contributed by atoms with E-state index in [0.29, 0.717) is 23.8 Å². The average molecular weight is 384 g/mol. The van der Waals surface area contributed by atoms with Gasteiger partial charge in [0.25, 0.3) is 5.56 Å². The summed E-state index contributed by atoms with van der Waals surface area (Å²) in [5, 5.41) is 4.25. The lowest BCUT2D eigenvalue weighted by atomic mass is 10.0. The quantitative estimate of drug-likeness (QED) is 0.651. The monoisotopic (exact) mass is 383 g/mol. The molecule has 1 atom stereocenters. The Morgan fingerprint density at radius 1 is 1.19 bits per heavy atom. The molecule has 1 unspecified atom stereocenters. The number of nitrogens with zero attached hydrogens (tertiary/aromatic N) is 1. The summed E-state index contributed by atoms with van der Waals surface area (Å²) in [6.45, 7) is 2.44. The van der Waals surface area contributed by atoms with Gasteiger partial charge in [-0.15, -0.1) is 0 Å². The van der Waals surface area contributed by atoms with Gasteiger partial charge in [0.2, 0.25) is 0 Å². The van der Waals surface area contributed by atoms with Crippen molar-refractivity contribution >= 4 is 11.6 Å². The van der Waals surface area contributed by atoms with Crippen LogP contribution in [0.2, 0.25) is 5.02 Å². The van der Waals surface area contributed by atoms with E-state index in [1.807, 2.05) is 48.5 Å². The highest BCUT2D eigenvalue weighted by Crippen LogP contribution is 2.21.